The molecule has 0 aliphatic carbocycles. The molecule has 1 aromatic heterocycles. The van der Waals surface area contributed by atoms with E-state index < -0.39 is 0 Å². The molecule has 1 heterocycles. The molecule has 2 aromatic rings. The number of rotatable bonds is 10. The van der Waals surface area contributed by atoms with Gasteiger partial charge in [-0.3, -0.25) is 9.59 Å². The zero-order chi connectivity index (χ0) is 18.9. The fourth-order valence-electron chi connectivity index (χ4n) is 2.33. The summed E-state index contributed by atoms with van der Waals surface area (Å²) in [5.74, 6) is 1.22. The Labute approximate surface area is 156 Å². The van der Waals surface area contributed by atoms with E-state index >= 15 is 0 Å². The summed E-state index contributed by atoms with van der Waals surface area (Å²) in [4.78, 5) is 23.0. The lowest BCUT2D eigenvalue weighted by Crippen LogP contribution is -2.24. The van der Waals surface area contributed by atoms with Crippen LogP contribution in [0.2, 0.25) is 0 Å². The van der Waals surface area contributed by atoms with Gasteiger partial charge < -0.3 is 20.4 Å². The van der Waals surface area contributed by atoms with Crippen molar-refractivity contribution < 1.29 is 14.3 Å². The second-order valence-corrected chi connectivity index (χ2v) is 6.47. The maximum absolute atomic E-state index is 12.1. The minimum absolute atomic E-state index is 0.0952. The molecule has 0 unspecified atom stereocenters. The van der Waals surface area contributed by atoms with Gasteiger partial charge in [-0.15, -0.1) is 10.2 Å². The summed E-state index contributed by atoms with van der Waals surface area (Å²) in [5, 5.41) is 11.7. The second kappa shape index (κ2) is 9.81. The normalized spacial score (nSPS) is 10.5. The summed E-state index contributed by atoms with van der Waals surface area (Å²) in [7, 11) is 1.61. The van der Waals surface area contributed by atoms with Crippen LogP contribution in [0.15, 0.2) is 29.4 Å². The Morgan fingerprint density at radius 1 is 1.35 bits per heavy atom. The molecule has 2 amide bonds. The second-order valence-electron chi connectivity index (χ2n) is 5.53. The van der Waals surface area contributed by atoms with Crippen molar-refractivity contribution in [3.8, 4) is 5.75 Å². The Balaban J connectivity index is 1.85. The number of methoxy groups -OCH3 is 1. The first kappa shape index (κ1) is 19.8. The van der Waals surface area contributed by atoms with Gasteiger partial charge in [0.05, 0.1) is 12.9 Å². The maximum Gasteiger partial charge on any atom is 0.230 e. The van der Waals surface area contributed by atoms with Crippen molar-refractivity contribution in [1.82, 2.24) is 20.1 Å². The number of amides is 2. The van der Waals surface area contributed by atoms with E-state index in [1.807, 2.05) is 35.8 Å². The molecule has 0 aliphatic heterocycles. The van der Waals surface area contributed by atoms with Gasteiger partial charge in [0.1, 0.15) is 11.6 Å². The molecule has 0 saturated heterocycles. The van der Waals surface area contributed by atoms with Crippen LogP contribution in [0.5, 0.6) is 5.75 Å². The van der Waals surface area contributed by atoms with Gasteiger partial charge >= 0.3 is 0 Å². The fourth-order valence-corrected chi connectivity index (χ4v) is 3.18. The predicted molar refractivity (Wildman–Crippen MR) is 98.8 cm³/mol. The first-order valence-corrected chi connectivity index (χ1v) is 9.24. The van der Waals surface area contributed by atoms with Crippen molar-refractivity contribution in [1.29, 1.82) is 0 Å². The lowest BCUT2D eigenvalue weighted by atomic mass is 10.2. The highest BCUT2D eigenvalue weighted by molar-refractivity contribution is 7.99. The molecule has 140 valence electrons. The number of ether oxygens (including phenoxy) is 1. The van der Waals surface area contributed by atoms with Gasteiger partial charge in [-0.05, 0) is 24.6 Å². The minimum Gasteiger partial charge on any atom is -0.497 e. The van der Waals surface area contributed by atoms with Gasteiger partial charge in [-0.1, -0.05) is 23.9 Å². The quantitative estimate of drug-likeness (QED) is 0.600. The Morgan fingerprint density at radius 3 is 2.85 bits per heavy atom. The van der Waals surface area contributed by atoms with Gasteiger partial charge in [0.25, 0.3) is 0 Å². The van der Waals surface area contributed by atoms with Gasteiger partial charge in [-0.2, -0.15) is 0 Å². The molecule has 8 nitrogen and oxygen atoms in total. The van der Waals surface area contributed by atoms with E-state index in [-0.39, 0.29) is 24.0 Å². The summed E-state index contributed by atoms with van der Waals surface area (Å²) >= 11 is 1.31. The molecule has 0 radical (unpaired) electrons. The molecule has 1 aromatic carbocycles. The monoisotopic (exact) mass is 377 g/mol. The van der Waals surface area contributed by atoms with Crippen LogP contribution in [0.25, 0.3) is 0 Å². The van der Waals surface area contributed by atoms with Crippen LogP contribution < -0.4 is 15.8 Å². The number of primary amides is 1. The van der Waals surface area contributed by atoms with Crippen LogP contribution in [-0.4, -0.2) is 39.4 Å². The van der Waals surface area contributed by atoms with Crippen molar-refractivity contribution in [2.24, 2.45) is 5.73 Å². The molecule has 0 aliphatic rings. The summed E-state index contributed by atoms with van der Waals surface area (Å²) in [6.45, 7) is 3.06. The van der Waals surface area contributed by atoms with E-state index in [9.17, 15) is 9.59 Å². The Hall–Kier alpha value is -2.55. The fraction of sp³-hybridized carbons (Fsp3) is 0.412. The predicted octanol–water partition coefficient (Wildman–Crippen LogP) is 1.13. The summed E-state index contributed by atoms with van der Waals surface area (Å²) < 4.78 is 7.06. The third kappa shape index (κ3) is 5.76. The van der Waals surface area contributed by atoms with Crippen molar-refractivity contribution in [3.05, 3.63) is 35.7 Å². The lowest BCUT2D eigenvalue weighted by molar-refractivity contribution is -0.119. The van der Waals surface area contributed by atoms with E-state index in [1.54, 1.807) is 7.11 Å². The summed E-state index contributed by atoms with van der Waals surface area (Å²) in [5.41, 5.74) is 6.14. The molecular weight excluding hydrogens is 354 g/mol. The van der Waals surface area contributed by atoms with Crippen molar-refractivity contribution in [2.75, 3.05) is 12.9 Å². The number of benzene rings is 1. The van der Waals surface area contributed by atoms with Gasteiger partial charge in [0, 0.05) is 25.9 Å². The van der Waals surface area contributed by atoms with Crippen molar-refractivity contribution in [3.63, 3.8) is 0 Å². The molecular formula is C17H23N5O3S. The molecule has 9 heteroatoms. The molecule has 0 fully saturated rings. The van der Waals surface area contributed by atoms with Crippen molar-refractivity contribution >= 4 is 23.6 Å². The summed E-state index contributed by atoms with van der Waals surface area (Å²) in [6, 6.07) is 7.54. The molecule has 3 N–H and O–H groups in total. The highest BCUT2D eigenvalue weighted by Gasteiger charge is 2.13. The topological polar surface area (TPSA) is 112 Å². The van der Waals surface area contributed by atoms with Crippen LogP contribution in [0.4, 0.5) is 0 Å². The van der Waals surface area contributed by atoms with E-state index in [0.29, 0.717) is 30.5 Å². The number of carbonyl (C=O) groups excluding carboxylic acids is 2. The number of hydrogen-bond acceptors (Lipinski definition) is 6. The highest BCUT2D eigenvalue weighted by Crippen LogP contribution is 2.18. The van der Waals surface area contributed by atoms with E-state index in [4.69, 9.17) is 10.5 Å². The number of nitrogens with one attached hydrogen (secondary N) is 1. The van der Waals surface area contributed by atoms with E-state index in [2.05, 4.69) is 15.5 Å². The van der Waals surface area contributed by atoms with Gasteiger partial charge in [-0.25, -0.2) is 0 Å². The first-order chi connectivity index (χ1) is 12.5. The van der Waals surface area contributed by atoms with Crippen LogP contribution in [0.1, 0.15) is 24.7 Å². The lowest BCUT2D eigenvalue weighted by Gasteiger charge is -2.08. The minimum atomic E-state index is -0.373. The summed E-state index contributed by atoms with van der Waals surface area (Å²) in [6.07, 6.45) is 0.669. The van der Waals surface area contributed by atoms with Crippen LogP contribution in [-0.2, 0) is 29.1 Å². The molecule has 2 rings (SSSR count). The number of aromatic nitrogens is 3. The number of thioether (sulfide) groups is 1. The largest absolute Gasteiger partial charge is 0.497 e. The molecule has 0 atom stereocenters. The van der Waals surface area contributed by atoms with E-state index in [1.165, 1.54) is 11.8 Å². The Morgan fingerprint density at radius 2 is 2.15 bits per heavy atom. The van der Waals surface area contributed by atoms with Crippen molar-refractivity contribution in [2.45, 2.75) is 38.0 Å². The highest BCUT2D eigenvalue weighted by atomic mass is 32.2. The zero-order valence-electron chi connectivity index (χ0n) is 14.9. The Bertz CT molecular complexity index is 763. The standard InChI is InChI=1S/C17H23N5O3S/c1-3-22-15(8-7-14(18)23)20-21-17(22)26-11-16(24)19-10-12-5-4-6-13(9-12)25-2/h4-6,9H,3,7-8,10-11H2,1-2H3,(H2,18,23)(H,19,24). The zero-order valence-corrected chi connectivity index (χ0v) is 15.7. The average molecular weight is 377 g/mol. The Kier molecular flexibility index (Phi) is 7.46. The van der Waals surface area contributed by atoms with Crippen LogP contribution in [0, 0.1) is 0 Å². The number of hydrogen-bond donors (Lipinski definition) is 2. The third-order valence-electron chi connectivity index (χ3n) is 3.66. The number of nitrogens with zero attached hydrogens (tertiary/aromatic N) is 3. The molecule has 0 spiro atoms. The van der Waals surface area contributed by atoms with E-state index in [0.717, 1.165) is 11.3 Å². The average Bonchev–Trinajstić information content (AvgIpc) is 3.05. The smallest absolute Gasteiger partial charge is 0.230 e. The SMILES string of the molecule is CCn1c(CCC(N)=O)nnc1SCC(=O)NCc1cccc(OC)c1. The molecule has 0 bridgehead atoms. The number of aryl methyl sites for hydroxylation is 1. The molecule has 26 heavy (non-hydrogen) atoms. The van der Waals surface area contributed by atoms with Gasteiger partial charge in [0.2, 0.25) is 11.8 Å². The van der Waals surface area contributed by atoms with Crippen LogP contribution in [0.3, 0.4) is 0 Å². The first-order valence-electron chi connectivity index (χ1n) is 8.26. The number of nitrogens with two attached hydrogens (primary N) is 1. The number of carbonyl (C=O) groups is 2. The van der Waals surface area contributed by atoms with Crippen LogP contribution >= 0.6 is 11.8 Å². The van der Waals surface area contributed by atoms with Gasteiger partial charge in [0.15, 0.2) is 5.16 Å². The maximum atomic E-state index is 12.1. The third-order valence-corrected chi connectivity index (χ3v) is 4.63. The molecule has 0 saturated carbocycles.